The van der Waals surface area contributed by atoms with Crippen LogP contribution in [-0.2, 0) is 12.7 Å². The predicted octanol–water partition coefficient (Wildman–Crippen LogP) is 4.46. The van der Waals surface area contributed by atoms with Crippen molar-refractivity contribution < 1.29 is 17.6 Å². The minimum Gasteiger partial charge on any atom is -0.381 e. The van der Waals surface area contributed by atoms with Crippen LogP contribution in [0, 0.1) is 17.1 Å². The number of hydrogen-bond acceptors (Lipinski definition) is 6. The Hall–Kier alpha value is -4.53. The first-order chi connectivity index (χ1) is 17.6. The van der Waals surface area contributed by atoms with E-state index >= 15 is 0 Å². The van der Waals surface area contributed by atoms with Crippen LogP contribution in [-0.4, -0.2) is 25.8 Å². The van der Waals surface area contributed by atoms with Crippen molar-refractivity contribution in [3.05, 3.63) is 86.6 Å². The molecule has 37 heavy (non-hydrogen) atoms. The van der Waals surface area contributed by atoms with Crippen LogP contribution >= 0.6 is 0 Å². The van der Waals surface area contributed by atoms with E-state index in [2.05, 4.69) is 15.4 Å². The van der Waals surface area contributed by atoms with Gasteiger partial charge in [0.15, 0.2) is 0 Å². The summed E-state index contributed by atoms with van der Waals surface area (Å²) in [7, 11) is 0. The quantitative estimate of drug-likeness (QED) is 0.353. The fourth-order valence-corrected chi connectivity index (χ4v) is 4.02. The highest BCUT2D eigenvalue weighted by atomic mass is 19.4. The number of fused-ring (bicyclic) bond motifs is 1. The summed E-state index contributed by atoms with van der Waals surface area (Å²) in [6, 6.07) is 9.10. The molecule has 1 atom stereocenters. The van der Waals surface area contributed by atoms with Crippen LogP contribution in [0.3, 0.4) is 0 Å². The molecule has 190 valence electrons. The van der Waals surface area contributed by atoms with E-state index in [4.69, 9.17) is 5.26 Å². The fourth-order valence-electron chi connectivity index (χ4n) is 4.02. The lowest BCUT2D eigenvalue weighted by atomic mass is 10.0. The van der Waals surface area contributed by atoms with Crippen molar-refractivity contribution in [3.63, 3.8) is 0 Å². The van der Waals surface area contributed by atoms with Crippen molar-refractivity contribution in [3.8, 4) is 17.3 Å². The van der Waals surface area contributed by atoms with E-state index in [0.29, 0.717) is 35.0 Å². The van der Waals surface area contributed by atoms with E-state index in [0.717, 1.165) is 6.20 Å². The number of nitrogens with one attached hydrogen (secondary N) is 2. The molecule has 0 saturated heterocycles. The van der Waals surface area contributed by atoms with E-state index in [-0.39, 0.29) is 11.9 Å². The number of rotatable bonds is 7. The van der Waals surface area contributed by atoms with Crippen molar-refractivity contribution in [1.29, 1.82) is 5.26 Å². The minimum absolute atomic E-state index is 0.0875. The summed E-state index contributed by atoms with van der Waals surface area (Å²) in [6.07, 6.45) is -0.287. The molecule has 0 aliphatic rings. The number of hydrogen-bond donors (Lipinski definition) is 2. The van der Waals surface area contributed by atoms with Gasteiger partial charge in [0, 0.05) is 30.5 Å². The molecule has 0 amide bonds. The lowest BCUT2D eigenvalue weighted by molar-refractivity contribution is -0.138. The van der Waals surface area contributed by atoms with Gasteiger partial charge >= 0.3 is 6.18 Å². The van der Waals surface area contributed by atoms with Gasteiger partial charge in [0.1, 0.15) is 17.4 Å². The lowest BCUT2D eigenvalue weighted by Gasteiger charge is -2.18. The number of anilines is 1. The Morgan fingerprint density at radius 3 is 2.65 bits per heavy atom. The molecule has 1 aromatic carbocycles. The molecule has 0 spiro atoms. The van der Waals surface area contributed by atoms with Gasteiger partial charge in [0.25, 0.3) is 11.1 Å². The van der Waals surface area contributed by atoms with Crippen LogP contribution in [0.2, 0.25) is 0 Å². The van der Waals surface area contributed by atoms with Gasteiger partial charge < -0.3 is 9.88 Å². The topological polar surface area (TPSA) is 116 Å². The van der Waals surface area contributed by atoms with Gasteiger partial charge in [-0.2, -0.15) is 23.5 Å². The van der Waals surface area contributed by atoms with E-state index < -0.39 is 40.4 Å². The Bertz CT molecular complexity index is 1600. The minimum atomic E-state index is -4.85. The Balaban J connectivity index is 1.48. The Morgan fingerprint density at radius 2 is 1.97 bits per heavy atom. The number of aromatic nitrogens is 4. The molecule has 0 bridgehead atoms. The average Bonchev–Trinajstić information content (AvgIpc) is 2.84. The monoisotopic (exact) mass is 512 g/mol. The first-order valence-corrected chi connectivity index (χ1v) is 11.2. The van der Waals surface area contributed by atoms with Crippen molar-refractivity contribution in [2.75, 3.05) is 5.32 Å². The van der Waals surface area contributed by atoms with Crippen LogP contribution in [0.15, 0.2) is 58.5 Å². The van der Waals surface area contributed by atoms with Crippen molar-refractivity contribution >= 4 is 16.5 Å². The standard InChI is InChI=1S/C25H20F4N6O2/c1-14(33-20-13-32-34-23(36)22(20)25(27,28)29)3-2-7-35-8-6-16-9-17(10-18(26)21(16)24(35)37)19-5-4-15(11-30)12-31-19/h4-6,8-10,12-14H,2-3,7H2,1H3,(H2,33,34,36). The number of H-pyrrole nitrogens is 1. The fraction of sp³-hybridized carbons (Fsp3) is 0.240. The Kier molecular flexibility index (Phi) is 7.06. The number of pyridine rings is 2. The molecular formula is C25H20F4N6O2. The molecule has 0 saturated carbocycles. The van der Waals surface area contributed by atoms with Gasteiger partial charge in [-0.25, -0.2) is 9.49 Å². The molecule has 0 aliphatic carbocycles. The summed E-state index contributed by atoms with van der Waals surface area (Å²) >= 11 is 0. The number of nitrogens with zero attached hydrogens (tertiary/aromatic N) is 4. The average molecular weight is 512 g/mol. The molecule has 3 aromatic heterocycles. The molecule has 1 unspecified atom stereocenters. The van der Waals surface area contributed by atoms with Gasteiger partial charge in [0.2, 0.25) is 0 Å². The highest BCUT2D eigenvalue weighted by Crippen LogP contribution is 2.32. The largest absolute Gasteiger partial charge is 0.423 e. The highest BCUT2D eigenvalue weighted by molar-refractivity contribution is 5.86. The molecule has 3 heterocycles. The summed E-state index contributed by atoms with van der Waals surface area (Å²) in [4.78, 5) is 28.7. The third kappa shape index (κ3) is 5.50. The molecule has 0 radical (unpaired) electrons. The molecule has 2 N–H and O–H groups in total. The number of aromatic amines is 1. The van der Waals surface area contributed by atoms with E-state index in [9.17, 15) is 27.2 Å². The molecular weight excluding hydrogens is 492 g/mol. The highest BCUT2D eigenvalue weighted by Gasteiger charge is 2.37. The third-order valence-corrected chi connectivity index (χ3v) is 5.80. The van der Waals surface area contributed by atoms with Crippen molar-refractivity contribution in [2.45, 2.75) is 38.5 Å². The lowest BCUT2D eigenvalue weighted by Crippen LogP contribution is -2.27. The van der Waals surface area contributed by atoms with Crippen LogP contribution in [0.5, 0.6) is 0 Å². The van der Waals surface area contributed by atoms with Gasteiger partial charge in [-0.3, -0.25) is 14.6 Å². The zero-order chi connectivity index (χ0) is 26.7. The Morgan fingerprint density at radius 1 is 1.19 bits per heavy atom. The smallest absolute Gasteiger partial charge is 0.381 e. The molecule has 8 nitrogen and oxygen atoms in total. The van der Waals surface area contributed by atoms with Gasteiger partial charge in [0.05, 0.1) is 28.5 Å². The van der Waals surface area contributed by atoms with Crippen LogP contribution in [0.4, 0.5) is 23.2 Å². The third-order valence-electron chi connectivity index (χ3n) is 5.80. The van der Waals surface area contributed by atoms with Gasteiger partial charge in [-0.15, -0.1) is 0 Å². The number of aryl methyl sites for hydroxylation is 1. The van der Waals surface area contributed by atoms with Crippen LogP contribution in [0.25, 0.3) is 22.0 Å². The maximum atomic E-state index is 14.9. The van der Waals surface area contributed by atoms with E-state index in [1.54, 1.807) is 36.3 Å². The number of halogens is 4. The van der Waals surface area contributed by atoms with Crippen LogP contribution in [0.1, 0.15) is 30.9 Å². The molecule has 0 aliphatic heterocycles. The first-order valence-electron chi connectivity index (χ1n) is 11.2. The first kappa shape index (κ1) is 25.6. The van der Waals surface area contributed by atoms with E-state index in [1.807, 2.05) is 6.07 Å². The molecule has 0 fully saturated rings. The van der Waals surface area contributed by atoms with Crippen molar-refractivity contribution in [1.82, 2.24) is 19.7 Å². The zero-order valence-electron chi connectivity index (χ0n) is 19.4. The van der Waals surface area contributed by atoms with Gasteiger partial charge in [-0.1, -0.05) is 0 Å². The zero-order valence-corrected chi connectivity index (χ0v) is 19.4. The second kappa shape index (κ2) is 10.2. The molecule has 12 heteroatoms. The second-order valence-corrected chi connectivity index (χ2v) is 8.45. The van der Waals surface area contributed by atoms with Crippen LogP contribution < -0.4 is 16.4 Å². The number of alkyl halides is 3. The molecule has 4 rings (SSSR count). The Labute approximate surface area is 207 Å². The summed E-state index contributed by atoms with van der Waals surface area (Å²) in [6.45, 7) is 1.85. The predicted molar refractivity (Wildman–Crippen MR) is 128 cm³/mol. The van der Waals surface area contributed by atoms with Crippen molar-refractivity contribution in [2.24, 2.45) is 0 Å². The number of nitriles is 1. The molecule has 4 aromatic rings. The normalized spacial score (nSPS) is 12.3. The summed E-state index contributed by atoms with van der Waals surface area (Å²) in [5.74, 6) is -0.713. The van der Waals surface area contributed by atoms with E-state index in [1.165, 1.54) is 23.0 Å². The number of benzene rings is 1. The summed E-state index contributed by atoms with van der Waals surface area (Å²) < 4.78 is 55.9. The second-order valence-electron chi connectivity index (χ2n) is 8.45. The van der Waals surface area contributed by atoms with Gasteiger partial charge in [-0.05, 0) is 55.5 Å². The SMILES string of the molecule is CC(CCCn1ccc2cc(-c3ccc(C#N)cn3)cc(F)c2c1=O)Nc1cn[nH]c(=O)c1C(F)(F)F. The maximum absolute atomic E-state index is 14.9. The summed E-state index contributed by atoms with van der Waals surface area (Å²) in [5, 5.41) is 17.1. The maximum Gasteiger partial charge on any atom is 0.423 e. The summed E-state index contributed by atoms with van der Waals surface area (Å²) in [5.41, 5.74) is -2.38.